The molecule has 19 heavy (non-hydrogen) atoms. The molecule has 1 aliphatic heterocycles. The van der Waals surface area contributed by atoms with Crippen molar-refractivity contribution in [1.29, 1.82) is 0 Å². The summed E-state index contributed by atoms with van der Waals surface area (Å²) in [4.78, 5) is 2.39. The zero-order valence-corrected chi connectivity index (χ0v) is 11.5. The van der Waals surface area contributed by atoms with Gasteiger partial charge < -0.3 is 4.90 Å². The largest absolute Gasteiger partial charge is 0.303 e. The van der Waals surface area contributed by atoms with Crippen LogP contribution in [0.25, 0.3) is 0 Å². The number of aryl methyl sites for hydroxylation is 1. The maximum Gasteiger partial charge on any atom is 0.123 e. The lowest BCUT2D eigenvalue weighted by atomic mass is 9.91. The van der Waals surface area contributed by atoms with Crippen LogP contribution >= 0.6 is 0 Å². The molecule has 1 aliphatic rings. The summed E-state index contributed by atoms with van der Waals surface area (Å²) in [6, 6.07) is 6.81. The van der Waals surface area contributed by atoms with E-state index >= 15 is 0 Å². The topological polar surface area (TPSA) is 3.24 Å². The molecule has 0 aliphatic carbocycles. The third-order valence-electron chi connectivity index (χ3n) is 3.97. The fraction of sp³-hybridized carbons (Fsp3) is 0.625. The Balaban J connectivity index is 1.74. The second kappa shape index (κ2) is 7.59. The number of likely N-dealkylation sites (tertiary alicyclic amines) is 1. The Morgan fingerprint density at radius 1 is 1.21 bits per heavy atom. The molecule has 0 bridgehead atoms. The summed E-state index contributed by atoms with van der Waals surface area (Å²) in [6.07, 6.45) is 5.32. The van der Waals surface area contributed by atoms with Crippen LogP contribution in [-0.2, 0) is 6.42 Å². The fourth-order valence-electron chi connectivity index (χ4n) is 2.90. The Bertz CT molecular complexity index is 364. The van der Waals surface area contributed by atoms with Gasteiger partial charge in [0.2, 0.25) is 0 Å². The second-order valence-electron chi connectivity index (χ2n) is 5.52. The van der Waals surface area contributed by atoms with Gasteiger partial charge in [0.1, 0.15) is 5.82 Å². The number of alkyl halides is 1. The highest BCUT2D eigenvalue weighted by Gasteiger charge is 2.19. The number of hydrogen-bond donors (Lipinski definition) is 0. The molecule has 3 heteroatoms. The Morgan fingerprint density at radius 2 is 2.00 bits per heavy atom. The summed E-state index contributed by atoms with van der Waals surface area (Å²) in [5.74, 6) is 0.539. The first-order chi connectivity index (χ1) is 9.28. The standard InChI is InChI=1S/C16H23F2N/c17-10-2-12-19-11-1-3-15(13-19)5-4-14-6-8-16(18)9-7-14/h6-9,15H,1-5,10-13H2/t15-/m0/s1. The van der Waals surface area contributed by atoms with E-state index in [0.717, 1.165) is 32.5 Å². The first-order valence-electron chi connectivity index (χ1n) is 7.30. The normalized spacial score (nSPS) is 20.6. The molecule has 0 aromatic heterocycles. The van der Waals surface area contributed by atoms with E-state index in [2.05, 4.69) is 4.90 Å². The third kappa shape index (κ3) is 4.90. The van der Waals surface area contributed by atoms with Crippen molar-refractivity contribution in [2.45, 2.75) is 32.1 Å². The average molecular weight is 267 g/mol. The van der Waals surface area contributed by atoms with Crippen LogP contribution < -0.4 is 0 Å². The van der Waals surface area contributed by atoms with Crippen molar-refractivity contribution in [3.63, 3.8) is 0 Å². The summed E-state index contributed by atoms with van der Waals surface area (Å²) >= 11 is 0. The Morgan fingerprint density at radius 3 is 2.74 bits per heavy atom. The van der Waals surface area contributed by atoms with Crippen molar-refractivity contribution in [3.05, 3.63) is 35.6 Å². The van der Waals surface area contributed by atoms with Gasteiger partial charge in [0.25, 0.3) is 0 Å². The van der Waals surface area contributed by atoms with Crippen LogP contribution in [0.1, 0.15) is 31.2 Å². The van der Waals surface area contributed by atoms with Crippen molar-refractivity contribution >= 4 is 0 Å². The molecule has 1 nitrogen and oxygen atoms in total. The van der Waals surface area contributed by atoms with Crippen LogP contribution in [-0.4, -0.2) is 31.2 Å². The summed E-state index contributed by atoms with van der Waals surface area (Å²) in [5, 5.41) is 0. The lowest BCUT2D eigenvalue weighted by Gasteiger charge is -2.32. The molecule has 1 aromatic rings. The van der Waals surface area contributed by atoms with Gasteiger partial charge in [-0.1, -0.05) is 12.1 Å². The number of piperidine rings is 1. The van der Waals surface area contributed by atoms with E-state index in [4.69, 9.17) is 0 Å². The predicted octanol–water partition coefficient (Wildman–Crippen LogP) is 3.83. The maximum atomic E-state index is 12.8. The second-order valence-corrected chi connectivity index (χ2v) is 5.52. The Kier molecular flexibility index (Phi) is 5.77. The molecule has 0 saturated carbocycles. The van der Waals surface area contributed by atoms with Crippen molar-refractivity contribution in [2.75, 3.05) is 26.3 Å². The molecule has 0 amide bonds. The molecule has 2 rings (SSSR count). The maximum absolute atomic E-state index is 12.8. The number of halogens is 2. The molecule has 1 saturated heterocycles. The zero-order chi connectivity index (χ0) is 13.5. The van der Waals surface area contributed by atoms with E-state index < -0.39 is 0 Å². The van der Waals surface area contributed by atoms with E-state index in [1.807, 2.05) is 12.1 Å². The van der Waals surface area contributed by atoms with Crippen LogP contribution in [0.15, 0.2) is 24.3 Å². The minimum Gasteiger partial charge on any atom is -0.303 e. The van der Waals surface area contributed by atoms with Crippen LogP contribution in [0.4, 0.5) is 8.78 Å². The lowest BCUT2D eigenvalue weighted by Crippen LogP contribution is -2.36. The quantitative estimate of drug-likeness (QED) is 0.757. The highest BCUT2D eigenvalue weighted by Crippen LogP contribution is 2.21. The minimum atomic E-state index is -0.212. The third-order valence-corrected chi connectivity index (χ3v) is 3.97. The van der Waals surface area contributed by atoms with E-state index in [1.165, 1.54) is 30.5 Å². The fourth-order valence-corrected chi connectivity index (χ4v) is 2.90. The van der Waals surface area contributed by atoms with Crippen molar-refractivity contribution in [2.24, 2.45) is 5.92 Å². The molecular weight excluding hydrogens is 244 g/mol. The van der Waals surface area contributed by atoms with Crippen LogP contribution in [0, 0.1) is 11.7 Å². The number of hydrogen-bond acceptors (Lipinski definition) is 1. The summed E-state index contributed by atoms with van der Waals surface area (Å²) in [7, 11) is 0. The van der Waals surface area contributed by atoms with Gasteiger partial charge in [-0.2, -0.15) is 0 Å². The van der Waals surface area contributed by atoms with Gasteiger partial charge in [-0.15, -0.1) is 0 Å². The molecule has 1 fully saturated rings. The predicted molar refractivity (Wildman–Crippen MR) is 74.5 cm³/mol. The number of benzene rings is 1. The Hall–Kier alpha value is -0.960. The van der Waals surface area contributed by atoms with Gasteiger partial charge >= 0.3 is 0 Å². The van der Waals surface area contributed by atoms with Gasteiger partial charge in [0.15, 0.2) is 0 Å². The van der Waals surface area contributed by atoms with Gasteiger partial charge in [0.05, 0.1) is 6.67 Å². The highest BCUT2D eigenvalue weighted by atomic mass is 19.1. The zero-order valence-electron chi connectivity index (χ0n) is 11.5. The Labute approximate surface area is 114 Å². The molecule has 1 atom stereocenters. The van der Waals surface area contributed by atoms with Gasteiger partial charge in [-0.3, -0.25) is 4.39 Å². The molecule has 106 valence electrons. The molecular formula is C16H23F2N. The smallest absolute Gasteiger partial charge is 0.123 e. The van der Waals surface area contributed by atoms with Crippen molar-refractivity contribution in [1.82, 2.24) is 4.90 Å². The van der Waals surface area contributed by atoms with Crippen LogP contribution in [0.2, 0.25) is 0 Å². The van der Waals surface area contributed by atoms with Crippen molar-refractivity contribution in [3.8, 4) is 0 Å². The molecule has 0 radical (unpaired) electrons. The average Bonchev–Trinajstić information content (AvgIpc) is 2.45. The minimum absolute atomic E-state index is 0.168. The number of nitrogens with zero attached hydrogens (tertiary/aromatic N) is 1. The van der Waals surface area contributed by atoms with Crippen molar-refractivity contribution < 1.29 is 8.78 Å². The van der Waals surface area contributed by atoms with Crippen LogP contribution in [0.3, 0.4) is 0 Å². The number of rotatable bonds is 6. The van der Waals surface area contributed by atoms with E-state index in [0.29, 0.717) is 12.3 Å². The van der Waals surface area contributed by atoms with E-state index in [1.54, 1.807) is 0 Å². The van der Waals surface area contributed by atoms with E-state index in [9.17, 15) is 8.78 Å². The van der Waals surface area contributed by atoms with Gasteiger partial charge in [0, 0.05) is 13.1 Å². The lowest BCUT2D eigenvalue weighted by molar-refractivity contribution is 0.163. The summed E-state index contributed by atoms with van der Waals surface area (Å²) in [5.41, 5.74) is 1.21. The highest BCUT2D eigenvalue weighted by molar-refractivity contribution is 5.16. The molecule has 1 aromatic carbocycles. The molecule has 0 unspecified atom stereocenters. The SMILES string of the molecule is FCCCN1CCC[C@@H](CCc2ccc(F)cc2)C1. The first kappa shape index (κ1) is 14.4. The first-order valence-corrected chi connectivity index (χ1v) is 7.30. The monoisotopic (exact) mass is 267 g/mol. The summed E-state index contributed by atoms with van der Waals surface area (Å²) < 4.78 is 25.0. The molecule has 0 N–H and O–H groups in total. The van der Waals surface area contributed by atoms with E-state index in [-0.39, 0.29) is 12.5 Å². The molecule has 0 spiro atoms. The van der Waals surface area contributed by atoms with Gasteiger partial charge in [-0.05, 0) is 62.3 Å². The molecule has 1 heterocycles. The summed E-state index contributed by atoms with van der Waals surface area (Å²) in [6.45, 7) is 2.90. The van der Waals surface area contributed by atoms with Crippen LogP contribution in [0.5, 0.6) is 0 Å². The van der Waals surface area contributed by atoms with Gasteiger partial charge in [-0.25, -0.2) is 4.39 Å².